The number of fused-ring (bicyclic) bond motifs is 8. The fourth-order valence-corrected chi connectivity index (χ4v) is 22.2. The molecule has 0 radical (unpaired) electrons. The maximum absolute atomic E-state index is 14.1. The molecule has 716 valence electrons. The van der Waals surface area contributed by atoms with Crippen molar-refractivity contribution in [2.24, 2.45) is 0 Å². The van der Waals surface area contributed by atoms with E-state index in [1.54, 1.807) is 52.5 Å². The fourth-order valence-electron chi connectivity index (χ4n) is 22.2. The Morgan fingerprint density at radius 2 is 0.616 bits per heavy atom. The van der Waals surface area contributed by atoms with E-state index in [1.807, 2.05) is 116 Å². The minimum Gasteiger partial charge on any atom is -0.369 e. The highest BCUT2D eigenvalue weighted by molar-refractivity contribution is 6.01. The number of pyridine rings is 4. The van der Waals surface area contributed by atoms with E-state index in [9.17, 15) is 17.6 Å². The van der Waals surface area contributed by atoms with Gasteiger partial charge in [-0.2, -0.15) is 20.4 Å². The number of halogens is 4. The monoisotopic (exact) mass is 1870 g/mol. The lowest BCUT2D eigenvalue weighted by Gasteiger charge is -2.45. The van der Waals surface area contributed by atoms with Crippen LogP contribution in [-0.2, 0) is 0 Å². The molecule has 4 aromatic carbocycles. The van der Waals surface area contributed by atoms with Gasteiger partial charge in [0.05, 0.1) is 119 Å². The number of piperidine rings is 4. The van der Waals surface area contributed by atoms with Crippen LogP contribution in [0.5, 0.6) is 0 Å². The Kier molecular flexibility index (Phi) is 26.8. The van der Waals surface area contributed by atoms with Gasteiger partial charge in [0, 0.05) is 261 Å². The van der Waals surface area contributed by atoms with Crippen LogP contribution < -0.4 is 24.9 Å². The molecule has 8 aliphatic rings. The number of anilines is 4. The first-order chi connectivity index (χ1) is 67.3. The Morgan fingerprint density at radius 3 is 0.935 bits per heavy atom. The quantitative estimate of drug-likeness (QED) is 0.106. The van der Waals surface area contributed by atoms with E-state index < -0.39 is 0 Å². The van der Waals surface area contributed by atoms with Crippen LogP contribution in [0.4, 0.5) is 40.3 Å². The Bertz CT molecular complexity index is 6860. The average Bonchev–Trinajstić information content (AvgIpc) is 1.58. The molecule has 20 heterocycles. The van der Waals surface area contributed by atoms with Gasteiger partial charge >= 0.3 is 0 Å². The van der Waals surface area contributed by atoms with Gasteiger partial charge in [-0.3, -0.25) is 39.5 Å². The van der Waals surface area contributed by atoms with Gasteiger partial charge in [0.2, 0.25) is 0 Å². The second-order valence-electron chi connectivity index (χ2n) is 39.1. The van der Waals surface area contributed by atoms with Gasteiger partial charge in [-0.25, -0.2) is 55.6 Å². The highest BCUT2D eigenvalue weighted by Crippen LogP contribution is 2.40. The summed E-state index contributed by atoms with van der Waals surface area (Å²) in [4.78, 5) is 64.5. The number of aryl methyl sites for hydroxylation is 4. The van der Waals surface area contributed by atoms with Gasteiger partial charge in [-0.15, -0.1) is 0 Å². The van der Waals surface area contributed by atoms with Crippen molar-refractivity contribution in [3.63, 3.8) is 0 Å². The van der Waals surface area contributed by atoms with Crippen molar-refractivity contribution in [3.05, 3.63) is 217 Å². The Balaban J connectivity index is 0.000000110. The van der Waals surface area contributed by atoms with E-state index in [1.165, 1.54) is 148 Å². The maximum Gasteiger partial charge on any atom is 0.162 e. The molecular formula is C106H124F4N28. The first-order valence-corrected chi connectivity index (χ1v) is 49.6. The zero-order valence-electron chi connectivity index (χ0n) is 80.5. The molecule has 1 atom stereocenters. The normalized spacial score (nSPS) is 19.2. The molecule has 0 spiro atoms. The number of piperazine rings is 3. The molecular weight excluding hydrogens is 1740 g/mol. The van der Waals surface area contributed by atoms with Crippen molar-refractivity contribution in [3.8, 4) is 44.5 Å². The van der Waals surface area contributed by atoms with Crippen LogP contribution in [0.1, 0.15) is 93.9 Å². The van der Waals surface area contributed by atoms with Crippen molar-refractivity contribution in [1.29, 1.82) is 0 Å². The van der Waals surface area contributed by atoms with E-state index in [4.69, 9.17) is 19.9 Å². The second-order valence-corrected chi connectivity index (χ2v) is 39.1. The summed E-state index contributed by atoms with van der Waals surface area (Å²) in [6.07, 6.45) is 41.2. The molecule has 1 N–H and O–H groups in total. The van der Waals surface area contributed by atoms with Crippen LogP contribution in [0.15, 0.2) is 172 Å². The molecule has 16 aromatic rings. The first kappa shape index (κ1) is 92.0. The van der Waals surface area contributed by atoms with Gasteiger partial charge in [0.1, 0.15) is 23.3 Å². The van der Waals surface area contributed by atoms with Crippen LogP contribution in [0, 0.1) is 51.0 Å². The third kappa shape index (κ3) is 19.1. The van der Waals surface area contributed by atoms with Crippen molar-refractivity contribution in [1.82, 2.24) is 118 Å². The minimum absolute atomic E-state index is 0.239. The summed E-state index contributed by atoms with van der Waals surface area (Å²) >= 11 is 0. The zero-order chi connectivity index (χ0) is 94.3. The van der Waals surface area contributed by atoms with Gasteiger partial charge in [0.25, 0.3) is 0 Å². The number of rotatable bonds is 13. The standard InChI is InChI=1S/3C27H32FN7.C25H28FN7/c1-18-12-23-22(4-7-29-26(23)13-25(18)28)24-15-31-35-17-21(14-30-27(24)35)33-8-5-20(6-9-33)34-11-10-32(3)19(2)16-34;1-19-14-23-22(4-7-29-26(23)15-25(19)28)24-17-31-35-18-21(16-30-27(24)35)34-10-5-20(6-11-34)33-9-3-8-32(2)12-13-33;1-3-32-10-12-34(13-11-32)20-5-8-33(9-6-20)21-16-30-27-24(17-31-35(27)18-21)22-4-7-29-26-15-25(28)19(2)14-23(22)26;1-17-12-21-20(2-5-28-24(21)13-23(17)26)22-15-30-33-16-19(14-29-25(22)33)31-8-3-18(4-9-31)32-10-6-27-7-11-32/h4,7,12-15,17,19-20H,5-6,8-11,16H2,1-3H3;2*4,7,14-18,20H,3,5-6,8-13H2,1-2H3;2,5,12-16,18,27H,3-4,6-11H2,1H3. The molecule has 32 heteroatoms. The van der Waals surface area contributed by atoms with Crippen molar-refractivity contribution in [2.75, 3.05) is 191 Å². The molecule has 28 nitrogen and oxygen atoms in total. The molecule has 0 bridgehead atoms. The molecule has 138 heavy (non-hydrogen) atoms. The number of aromatic nitrogens is 16. The highest BCUT2D eigenvalue weighted by atomic mass is 19.1. The van der Waals surface area contributed by atoms with Crippen molar-refractivity contribution < 1.29 is 17.6 Å². The second kappa shape index (κ2) is 40.2. The Labute approximate surface area is 802 Å². The predicted octanol–water partition coefficient (Wildman–Crippen LogP) is 15.3. The fraction of sp³-hybridized carbons (Fsp3) is 0.434. The average molecular weight is 1870 g/mol. The molecule has 0 amide bonds. The molecule has 0 aliphatic carbocycles. The molecule has 8 aliphatic heterocycles. The number of likely N-dealkylation sites (N-methyl/N-ethyl adjacent to an activating group) is 3. The lowest BCUT2D eigenvalue weighted by Crippen LogP contribution is -2.55. The van der Waals surface area contributed by atoms with Crippen molar-refractivity contribution in [2.45, 2.75) is 130 Å². The van der Waals surface area contributed by atoms with E-state index >= 15 is 0 Å². The lowest BCUT2D eigenvalue weighted by molar-refractivity contribution is 0.0627. The first-order valence-electron chi connectivity index (χ1n) is 49.6. The van der Waals surface area contributed by atoms with Crippen LogP contribution in [0.2, 0.25) is 0 Å². The third-order valence-corrected chi connectivity index (χ3v) is 30.8. The summed E-state index contributed by atoms with van der Waals surface area (Å²) in [6, 6.07) is 24.6. The summed E-state index contributed by atoms with van der Waals surface area (Å²) in [5, 5.41) is 25.6. The smallest absolute Gasteiger partial charge is 0.162 e. The maximum atomic E-state index is 14.1. The number of hydrogen-bond acceptors (Lipinski definition) is 24. The highest BCUT2D eigenvalue weighted by Gasteiger charge is 2.34. The molecule has 1 unspecified atom stereocenters. The zero-order valence-corrected chi connectivity index (χ0v) is 80.5. The number of nitrogens with one attached hydrogen (secondary N) is 1. The summed E-state index contributed by atoms with van der Waals surface area (Å²) < 4.78 is 63.7. The summed E-state index contributed by atoms with van der Waals surface area (Å²) in [5.74, 6) is -0.959. The van der Waals surface area contributed by atoms with Gasteiger partial charge < -0.3 is 39.6 Å². The van der Waals surface area contributed by atoms with E-state index in [-0.39, 0.29) is 23.3 Å². The van der Waals surface area contributed by atoms with Crippen LogP contribution in [0.25, 0.3) is 111 Å². The third-order valence-electron chi connectivity index (χ3n) is 30.8. The molecule has 8 fully saturated rings. The van der Waals surface area contributed by atoms with Crippen LogP contribution in [-0.4, -0.2) is 314 Å². The number of benzene rings is 4. The molecule has 24 rings (SSSR count). The largest absolute Gasteiger partial charge is 0.369 e. The lowest BCUT2D eigenvalue weighted by atomic mass is 10.0. The van der Waals surface area contributed by atoms with Gasteiger partial charge in [-0.1, -0.05) is 6.92 Å². The topological polar surface area (TPSA) is 220 Å². The Hall–Kier alpha value is -12.4. The Morgan fingerprint density at radius 1 is 0.319 bits per heavy atom. The van der Waals surface area contributed by atoms with E-state index in [0.29, 0.717) is 74.5 Å². The molecule has 12 aromatic heterocycles. The summed E-state index contributed by atoms with van der Waals surface area (Å²) in [7, 11) is 4.46. The SMILES string of the molecule is CCN1CCN(C2CCN(c3cnc4c(-c5ccnc6cc(F)c(C)cc56)cnn4c3)CC2)CC1.Cc1cc2c(-c3cnn4cc(N5CCC(N6CCCN(C)CC6)CC5)cnc34)ccnc2cc1F.Cc1cc2c(-c3cnn4cc(N5CCC(N6CCN(C)C(C)C6)CC5)cnc34)ccnc2cc1F.Cc1cc2c(-c3cnn4cc(N5CCC(N6CCNCC6)CC5)cnc34)ccnc2cc1F. The van der Waals surface area contributed by atoms with E-state index in [0.717, 1.165) is 203 Å². The molecule has 0 saturated carbocycles. The minimum atomic E-state index is -0.240. The number of nitrogens with zero attached hydrogens (tertiary/aromatic N) is 27. The number of hydrogen-bond donors (Lipinski definition) is 1. The summed E-state index contributed by atoms with van der Waals surface area (Å²) in [6.45, 7) is 38.7. The van der Waals surface area contributed by atoms with Crippen molar-refractivity contribution >= 4 is 88.9 Å². The predicted molar refractivity (Wildman–Crippen MR) is 540 cm³/mol. The van der Waals surface area contributed by atoms with Crippen LogP contribution >= 0.6 is 0 Å². The van der Waals surface area contributed by atoms with Gasteiger partial charge in [0.15, 0.2) is 22.6 Å². The molecule has 8 saturated heterocycles. The summed E-state index contributed by atoms with van der Waals surface area (Å²) in [5.41, 5.74) is 20.2. The van der Waals surface area contributed by atoms with Crippen LogP contribution in [0.3, 0.4) is 0 Å². The van der Waals surface area contributed by atoms with Gasteiger partial charge in [-0.05, 0) is 219 Å². The van der Waals surface area contributed by atoms with E-state index in [2.05, 4.69) is 152 Å².